The third kappa shape index (κ3) is 2.54. The van der Waals surface area contributed by atoms with E-state index in [2.05, 4.69) is 14.8 Å². The summed E-state index contributed by atoms with van der Waals surface area (Å²) in [5.74, 6) is -0.648. The van der Waals surface area contributed by atoms with Crippen molar-refractivity contribution in [2.75, 3.05) is 10.5 Å². The molecule has 0 saturated carbocycles. The molecule has 0 bridgehead atoms. The van der Waals surface area contributed by atoms with Crippen LogP contribution in [0.25, 0.3) is 0 Å². The van der Waals surface area contributed by atoms with Crippen LogP contribution in [0.1, 0.15) is 10.4 Å². The average Bonchev–Trinajstić information content (AvgIpc) is 2.73. The predicted octanol–water partition coefficient (Wildman–Crippen LogP) is -0.703. The molecular weight excluding hydrogens is 284 g/mol. The van der Waals surface area contributed by atoms with Gasteiger partial charge in [0, 0.05) is 12.6 Å². The lowest BCUT2D eigenvalue weighted by Gasteiger charge is -2.09. The van der Waals surface area contributed by atoms with Gasteiger partial charge in [-0.1, -0.05) is 0 Å². The minimum Gasteiger partial charge on any atom is -0.398 e. The highest BCUT2D eigenvalue weighted by Gasteiger charge is 2.20. The van der Waals surface area contributed by atoms with Gasteiger partial charge in [-0.15, -0.1) is 0 Å². The van der Waals surface area contributed by atoms with E-state index in [-0.39, 0.29) is 22.1 Å². The number of nitrogens with one attached hydrogen (secondary N) is 1. The van der Waals surface area contributed by atoms with Crippen LogP contribution < -0.4 is 16.2 Å². The van der Waals surface area contributed by atoms with Gasteiger partial charge in [0.1, 0.15) is 11.2 Å². The van der Waals surface area contributed by atoms with Gasteiger partial charge in [0.15, 0.2) is 0 Å². The second kappa shape index (κ2) is 4.81. The number of rotatable bonds is 4. The fourth-order valence-corrected chi connectivity index (χ4v) is 2.66. The van der Waals surface area contributed by atoms with E-state index in [1.165, 1.54) is 36.3 Å². The lowest BCUT2D eigenvalue weighted by Crippen LogP contribution is -2.18. The maximum absolute atomic E-state index is 12.2. The van der Waals surface area contributed by atoms with E-state index in [0.29, 0.717) is 0 Å². The van der Waals surface area contributed by atoms with Crippen LogP contribution in [0.3, 0.4) is 0 Å². The van der Waals surface area contributed by atoms with E-state index in [4.69, 9.17) is 11.5 Å². The molecule has 0 aliphatic rings. The molecule has 5 N–H and O–H groups in total. The fraction of sp³-hybridized carbons (Fsp3) is 0.100. The first kappa shape index (κ1) is 13.8. The van der Waals surface area contributed by atoms with Crippen LogP contribution in [-0.2, 0) is 17.1 Å². The van der Waals surface area contributed by atoms with Crippen molar-refractivity contribution in [1.82, 2.24) is 14.8 Å². The number of benzene rings is 1. The SMILES string of the molecule is Cn1ncnc1NS(=O)(=O)c1ccc(C(N)=O)cc1N. The molecular formula is C10H12N6O3S. The number of hydrogen-bond acceptors (Lipinski definition) is 6. The van der Waals surface area contributed by atoms with Crippen LogP contribution in [0, 0.1) is 0 Å². The summed E-state index contributed by atoms with van der Waals surface area (Å²) in [6.07, 6.45) is 1.21. The van der Waals surface area contributed by atoms with Crippen molar-refractivity contribution in [1.29, 1.82) is 0 Å². The number of aromatic nitrogens is 3. The molecule has 9 nitrogen and oxygen atoms in total. The quantitative estimate of drug-likeness (QED) is 0.635. The molecule has 0 atom stereocenters. The van der Waals surface area contributed by atoms with Gasteiger partial charge in [-0.2, -0.15) is 10.1 Å². The van der Waals surface area contributed by atoms with Crippen molar-refractivity contribution in [3.63, 3.8) is 0 Å². The Morgan fingerprint density at radius 1 is 1.40 bits per heavy atom. The summed E-state index contributed by atoms with van der Waals surface area (Å²) in [6.45, 7) is 0. The van der Waals surface area contributed by atoms with Crippen molar-refractivity contribution < 1.29 is 13.2 Å². The van der Waals surface area contributed by atoms with Gasteiger partial charge in [0.2, 0.25) is 11.9 Å². The Kier molecular flexibility index (Phi) is 3.32. The Balaban J connectivity index is 2.40. The first-order chi connectivity index (χ1) is 9.31. The van der Waals surface area contributed by atoms with Crippen molar-refractivity contribution in [3.05, 3.63) is 30.1 Å². The topological polar surface area (TPSA) is 146 Å². The zero-order valence-corrected chi connectivity index (χ0v) is 11.3. The molecule has 1 aromatic carbocycles. The molecule has 0 aliphatic carbocycles. The Labute approximate surface area is 114 Å². The lowest BCUT2D eigenvalue weighted by molar-refractivity contribution is 0.1000. The lowest BCUT2D eigenvalue weighted by atomic mass is 10.2. The zero-order chi connectivity index (χ0) is 14.9. The van der Waals surface area contributed by atoms with Gasteiger partial charge in [-0.25, -0.2) is 17.8 Å². The van der Waals surface area contributed by atoms with E-state index < -0.39 is 15.9 Å². The monoisotopic (exact) mass is 296 g/mol. The summed E-state index contributed by atoms with van der Waals surface area (Å²) in [4.78, 5) is 14.6. The Hall–Kier alpha value is -2.62. The third-order valence-electron chi connectivity index (χ3n) is 2.52. The number of sulfonamides is 1. The van der Waals surface area contributed by atoms with Gasteiger partial charge < -0.3 is 11.5 Å². The maximum Gasteiger partial charge on any atom is 0.266 e. The normalized spacial score (nSPS) is 11.2. The van der Waals surface area contributed by atoms with Crippen LogP contribution in [0.5, 0.6) is 0 Å². The van der Waals surface area contributed by atoms with Crippen molar-refractivity contribution >= 4 is 27.6 Å². The standard InChI is InChI=1S/C10H12N6O3S/c1-16-10(13-5-14-16)15-20(18,19)8-3-2-6(9(12)17)4-7(8)11/h2-5H,11H2,1H3,(H2,12,17)(H,13,14,15). The number of nitrogen functional groups attached to an aromatic ring is 1. The van der Waals surface area contributed by atoms with Crippen LogP contribution in [-0.4, -0.2) is 29.1 Å². The molecule has 20 heavy (non-hydrogen) atoms. The van der Waals surface area contributed by atoms with Crippen LogP contribution in [0.15, 0.2) is 29.4 Å². The predicted molar refractivity (Wildman–Crippen MR) is 71.2 cm³/mol. The second-order valence-electron chi connectivity index (χ2n) is 3.93. The Morgan fingerprint density at radius 3 is 2.60 bits per heavy atom. The highest BCUT2D eigenvalue weighted by molar-refractivity contribution is 7.92. The molecule has 0 radical (unpaired) electrons. The number of amides is 1. The largest absolute Gasteiger partial charge is 0.398 e. The summed E-state index contributed by atoms with van der Waals surface area (Å²) in [7, 11) is -2.40. The summed E-state index contributed by atoms with van der Waals surface area (Å²) in [5, 5.41) is 3.74. The number of carbonyl (C=O) groups is 1. The number of primary amides is 1. The Morgan fingerprint density at radius 2 is 2.10 bits per heavy atom. The molecule has 1 aromatic heterocycles. The smallest absolute Gasteiger partial charge is 0.266 e. The Bertz CT molecular complexity index is 767. The number of aryl methyl sites for hydroxylation is 1. The van der Waals surface area contributed by atoms with Crippen LogP contribution in [0.2, 0.25) is 0 Å². The van der Waals surface area contributed by atoms with Crippen molar-refractivity contribution in [2.24, 2.45) is 12.8 Å². The van der Waals surface area contributed by atoms with Gasteiger partial charge in [-0.05, 0) is 18.2 Å². The molecule has 0 saturated heterocycles. The van der Waals surface area contributed by atoms with E-state index in [1.54, 1.807) is 0 Å². The number of anilines is 2. The minimum absolute atomic E-state index is 0.0448. The first-order valence-corrected chi connectivity index (χ1v) is 6.86. The number of carbonyl (C=O) groups excluding carboxylic acids is 1. The van der Waals surface area contributed by atoms with Crippen LogP contribution >= 0.6 is 0 Å². The first-order valence-electron chi connectivity index (χ1n) is 5.37. The number of nitrogens with two attached hydrogens (primary N) is 2. The van der Waals surface area contributed by atoms with Gasteiger partial charge in [0.05, 0.1) is 5.69 Å². The molecule has 0 aliphatic heterocycles. The minimum atomic E-state index is -3.93. The van der Waals surface area contributed by atoms with Gasteiger partial charge in [-0.3, -0.25) is 4.79 Å². The fourth-order valence-electron chi connectivity index (χ4n) is 1.51. The molecule has 106 valence electrons. The summed E-state index contributed by atoms with van der Waals surface area (Å²) < 4.78 is 27.8. The third-order valence-corrected chi connectivity index (χ3v) is 3.92. The maximum atomic E-state index is 12.2. The highest BCUT2D eigenvalue weighted by atomic mass is 32.2. The molecule has 2 rings (SSSR count). The molecule has 0 unspecified atom stereocenters. The summed E-state index contributed by atoms with van der Waals surface area (Å²) in [6, 6.07) is 3.69. The summed E-state index contributed by atoms with van der Waals surface area (Å²) >= 11 is 0. The van der Waals surface area contributed by atoms with E-state index >= 15 is 0 Å². The van der Waals surface area contributed by atoms with Crippen molar-refractivity contribution in [2.45, 2.75) is 4.90 Å². The van der Waals surface area contributed by atoms with E-state index in [0.717, 1.165) is 0 Å². The average molecular weight is 296 g/mol. The zero-order valence-electron chi connectivity index (χ0n) is 10.4. The van der Waals surface area contributed by atoms with E-state index in [1.807, 2.05) is 0 Å². The van der Waals surface area contributed by atoms with E-state index in [9.17, 15) is 13.2 Å². The molecule has 10 heteroatoms. The van der Waals surface area contributed by atoms with Gasteiger partial charge >= 0.3 is 0 Å². The number of nitrogens with zero attached hydrogens (tertiary/aromatic N) is 3. The van der Waals surface area contributed by atoms with Crippen molar-refractivity contribution in [3.8, 4) is 0 Å². The molecule has 0 fully saturated rings. The van der Waals surface area contributed by atoms with Gasteiger partial charge in [0.25, 0.3) is 10.0 Å². The molecule has 0 spiro atoms. The number of hydrogen-bond donors (Lipinski definition) is 3. The highest BCUT2D eigenvalue weighted by Crippen LogP contribution is 2.21. The molecule has 2 aromatic rings. The second-order valence-corrected chi connectivity index (χ2v) is 5.58. The van der Waals surface area contributed by atoms with Crippen LogP contribution in [0.4, 0.5) is 11.6 Å². The summed E-state index contributed by atoms with van der Waals surface area (Å²) in [5.41, 5.74) is 10.8. The molecule has 1 heterocycles. The molecule has 1 amide bonds.